The van der Waals surface area contributed by atoms with Gasteiger partial charge in [0, 0.05) is 0 Å². The van der Waals surface area contributed by atoms with Gasteiger partial charge in [0.25, 0.3) is 0 Å². The number of carboxylic acid groups (broad SMARTS) is 1. The first-order chi connectivity index (χ1) is 5.09. The average Bonchev–Trinajstić information content (AvgIpc) is 1.87. The lowest BCUT2D eigenvalue weighted by Crippen LogP contribution is -2.21. The molecule has 0 heterocycles. The largest absolute Gasteiger partial charge is 0.555 e. The summed E-state index contributed by atoms with van der Waals surface area (Å²) in [5.74, 6) is -1.59. The fourth-order valence-electron chi connectivity index (χ4n) is 0.624. The highest BCUT2D eigenvalue weighted by molar-refractivity contribution is 6.38. The number of aliphatic carboxylic acids is 1. The highest BCUT2D eigenvalue weighted by atomic mass is 16.4. The molecule has 1 radical (unpaired) electrons. The van der Waals surface area contributed by atoms with Crippen molar-refractivity contribution in [1.29, 1.82) is 5.41 Å². The Balaban J connectivity index is 3.89. The lowest BCUT2D eigenvalue weighted by atomic mass is 9.72. The Morgan fingerprint density at radius 2 is 2.27 bits per heavy atom. The van der Waals surface area contributed by atoms with Crippen LogP contribution < -0.4 is 0 Å². The Kier molecular flexibility index (Phi) is 4.33. The van der Waals surface area contributed by atoms with Crippen molar-refractivity contribution in [2.24, 2.45) is 5.92 Å². The van der Waals surface area contributed by atoms with Gasteiger partial charge in [-0.15, -0.1) is 0 Å². The van der Waals surface area contributed by atoms with Gasteiger partial charge in [-0.25, -0.2) is 0 Å². The predicted molar refractivity (Wildman–Crippen MR) is 41.8 cm³/mol. The van der Waals surface area contributed by atoms with Crippen molar-refractivity contribution in [3.63, 3.8) is 0 Å². The van der Waals surface area contributed by atoms with Crippen LogP contribution in [0.3, 0.4) is 0 Å². The van der Waals surface area contributed by atoms with Gasteiger partial charge in [0.1, 0.15) is 6.40 Å². The summed E-state index contributed by atoms with van der Waals surface area (Å²) in [4.78, 5) is 10.5. The van der Waals surface area contributed by atoms with E-state index in [1.807, 2.05) is 0 Å². The molecule has 0 bridgehead atoms. The quantitative estimate of drug-likeness (QED) is 0.350. The van der Waals surface area contributed by atoms with E-state index < -0.39 is 11.8 Å². The van der Waals surface area contributed by atoms with Gasteiger partial charge in [-0.05, 0) is 5.92 Å². The number of nitrogens with one attached hydrogen (secondary N) is 1. The van der Waals surface area contributed by atoms with E-state index in [0.29, 0.717) is 6.40 Å². The molecule has 0 amide bonds. The van der Waals surface area contributed by atoms with E-state index in [-0.39, 0.29) is 5.92 Å². The van der Waals surface area contributed by atoms with E-state index >= 15 is 0 Å². The van der Waals surface area contributed by atoms with Crippen LogP contribution in [0.5, 0.6) is 0 Å². The van der Waals surface area contributed by atoms with E-state index in [2.05, 4.69) is 4.65 Å². The standard InChI is InChI=1S/C6H11BNO3/c1-4(2)5(6(9)10)7-11-3-8/h3-5,8H,1-2H3,(H,9,10)/t5-/m1/s1. The van der Waals surface area contributed by atoms with Gasteiger partial charge in [-0.3, -0.25) is 10.2 Å². The number of rotatable bonds is 5. The number of hydrogen-bond donors (Lipinski definition) is 2. The third-order valence-corrected chi connectivity index (χ3v) is 1.30. The molecule has 11 heavy (non-hydrogen) atoms. The third-order valence-electron chi connectivity index (χ3n) is 1.30. The van der Waals surface area contributed by atoms with E-state index in [1.54, 1.807) is 13.8 Å². The Morgan fingerprint density at radius 1 is 1.73 bits per heavy atom. The molecule has 4 nitrogen and oxygen atoms in total. The predicted octanol–water partition coefficient (Wildman–Crippen LogP) is 0.758. The van der Waals surface area contributed by atoms with Crippen LogP contribution >= 0.6 is 0 Å². The van der Waals surface area contributed by atoms with Crippen molar-refractivity contribution in [3.05, 3.63) is 0 Å². The average molecular weight is 156 g/mol. The Labute approximate surface area is 66.3 Å². The maximum absolute atomic E-state index is 10.5. The van der Waals surface area contributed by atoms with Crippen molar-refractivity contribution in [1.82, 2.24) is 0 Å². The summed E-state index contributed by atoms with van der Waals surface area (Å²) in [6.07, 6.45) is 0.707. The maximum Gasteiger partial charge on any atom is 0.386 e. The molecular formula is C6H11BNO3. The summed E-state index contributed by atoms with van der Waals surface area (Å²) >= 11 is 0. The first kappa shape index (κ1) is 10.0. The van der Waals surface area contributed by atoms with Gasteiger partial charge < -0.3 is 9.76 Å². The second-order valence-corrected chi connectivity index (χ2v) is 2.50. The zero-order chi connectivity index (χ0) is 8.85. The monoisotopic (exact) mass is 156 g/mol. The molecule has 0 saturated heterocycles. The molecule has 0 fully saturated rings. The van der Waals surface area contributed by atoms with Crippen molar-refractivity contribution in [3.8, 4) is 0 Å². The molecule has 0 spiro atoms. The molecule has 0 aliphatic rings. The van der Waals surface area contributed by atoms with E-state index in [9.17, 15) is 4.79 Å². The van der Waals surface area contributed by atoms with Crippen LogP contribution in [0.25, 0.3) is 0 Å². The fraction of sp³-hybridized carbons (Fsp3) is 0.667. The summed E-state index contributed by atoms with van der Waals surface area (Å²) < 4.78 is 4.45. The summed E-state index contributed by atoms with van der Waals surface area (Å²) in [5, 5.41) is 15.1. The maximum atomic E-state index is 10.5. The van der Waals surface area contributed by atoms with Crippen LogP contribution in [0.1, 0.15) is 13.8 Å². The molecule has 2 N–H and O–H groups in total. The molecule has 0 aliphatic heterocycles. The normalized spacial score (nSPS) is 12.3. The number of carbonyl (C=O) groups is 1. The minimum atomic E-state index is -0.929. The molecule has 0 aromatic rings. The molecular weight excluding hydrogens is 145 g/mol. The summed E-state index contributed by atoms with van der Waals surface area (Å²) in [6, 6.07) is 0. The first-order valence-electron chi connectivity index (χ1n) is 3.30. The van der Waals surface area contributed by atoms with Crippen LogP contribution in [0.15, 0.2) is 0 Å². The second-order valence-electron chi connectivity index (χ2n) is 2.50. The molecule has 5 heteroatoms. The van der Waals surface area contributed by atoms with Gasteiger partial charge in [-0.1, -0.05) is 13.8 Å². The van der Waals surface area contributed by atoms with Crippen LogP contribution in [-0.4, -0.2) is 25.0 Å². The molecule has 0 aromatic carbocycles. The van der Waals surface area contributed by atoms with Crippen molar-refractivity contribution >= 4 is 19.9 Å². The Bertz CT molecular complexity index is 149. The minimum Gasteiger partial charge on any atom is -0.555 e. The van der Waals surface area contributed by atoms with Crippen molar-refractivity contribution in [2.75, 3.05) is 0 Å². The fourth-order valence-corrected chi connectivity index (χ4v) is 0.624. The zero-order valence-corrected chi connectivity index (χ0v) is 6.57. The number of hydrogen-bond acceptors (Lipinski definition) is 3. The lowest BCUT2D eigenvalue weighted by molar-refractivity contribution is -0.137. The third kappa shape index (κ3) is 3.65. The SMILES string of the molecule is CC(C)[C@@H]([B]OC=N)C(=O)O. The summed E-state index contributed by atoms with van der Waals surface area (Å²) in [6.45, 7) is 3.56. The molecule has 0 saturated carbocycles. The molecule has 0 rings (SSSR count). The highest BCUT2D eigenvalue weighted by Gasteiger charge is 2.24. The lowest BCUT2D eigenvalue weighted by Gasteiger charge is -2.12. The van der Waals surface area contributed by atoms with Gasteiger partial charge >= 0.3 is 13.5 Å². The Hall–Kier alpha value is -0.995. The first-order valence-corrected chi connectivity index (χ1v) is 3.30. The van der Waals surface area contributed by atoms with Crippen LogP contribution in [0.2, 0.25) is 5.82 Å². The van der Waals surface area contributed by atoms with E-state index in [4.69, 9.17) is 10.5 Å². The second kappa shape index (κ2) is 4.76. The smallest absolute Gasteiger partial charge is 0.386 e. The van der Waals surface area contributed by atoms with Crippen molar-refractivity contribution in [2.45, 2.75) is 19.7 Å². The van der Waals surface area contributed by atoms with Crippen LogP contribution in [-0.2, 0) is 9.45 Å². The zero-order valence-electron chi connectivity index (χ0n) is 6.57. The van der Waals surface area contributed by atoms with Crippen LogP contribution in [0.4, 0.5) is 0 Å². The number of carboxylic acids is 1. The Morgan fingerprint density at radius 3 is 2.55 bits per heavy atom. The molecule has 0 aliphatic carbocycles. The molecule has 1 atom stereocenters. The highest BCUT2D eigenvalue weighted by Crippen LogP contribution is 2.15. The summed E-state index contributed by atoms with van der Waals surface area (Å²) in [5.41, 5.74) is 0. The molecule has 0 unspecified atom stereocenters. The van der Waals surface area contributed by atoms with Gasteiger partial charge in [-0.2, -0.15) is 0 Å². The molecule has 0 aromatic heterocycles. The van der Waals surface area contributed by atoms with Gasteiger partial charge in [0.2, 0.25) is 0 Å². The van der Waals surface area contributed by atoms with E-state index in [1.165, 1.54) is 0 Å². The van der Waals surface area contributed by atoms with Gasteiger partial charge in [0.15, 0.2) is 0 Å². The topological polar surface area (TPSA) is 70.4 Å². The summed E-state index contributed by atoms with van der Waals surface area (Å²) in [7, 11) is 1.15. The van der Waals surface area contributed by atoms with E-state index in [0.717, 1.165) is 7.48 Å². The van der Waals surface area contributed by atoms with Gasteiger partial charge in [0.05, 0.1) is 5.82 Å². The molecule has 61 valence electrons. The van der Waals surface area contributed by atoms with Crippen LogP contribution in [0, 0.1) is 11.3 Å². The minimum absolute atomic E-state index is 0.0209. The van der Waals surface area contributed by atoms with Crippen molar-refractivity contribution < 1.29 is 14.6 Å².